The van der Waals surface area contributed by atoms with E-state index in [4.69, 9.17) is 22.0 Å². The summed E-state index contributed by atoms with van der Waals surface area (Å²) >= 11 is 0. The Morgan fingerprint density at radius 3 is 2.61 bits per heavy atom. The third kappa shape index (κ3) is 7.48. The monoisotopic (exact) mass is 334 g/mol. The van der Waals surface area contributed by atoms with E-state index in [1.807, 2.05) is 23.1 Å². The number of aliphatic hydroxyl groups is 1. The largest absolute Gasteiger partial charge is 3.00 e. The van der Waals surface area contributed by atoms with Crippen molar-refractivity contribution < 1.29 is 9.84 Å². The number of guanidine groups is 2. The number of anilines is 1. The van der Waals surface area contributed by atoms with Crippen LogP contribution in [0.3, 0.4) is 0 Å². The molecule has 7 nitrogen and oxygen atoms in total. The average molecular weight is 334 g/mol. The molecule has 0 saturated heterocycles. The Morgan fingerprint density at radius 2 is 2.09 bits per heavy atom. The van der Waals surface area contributed by atoms with Gasteiger partial charge >= 0.3 is 17.4 Å². The van der Waals surface area contributed by atoms with Gasteiger partial charge in [0.05, 0.1) is 12.7 Å². The van der Waals surface area contributed by atoms with Crippen molar-refractivity contribution in [3.8, 4) is 0 Å². The molecule has 8 heteroatoms. The number of nitrogens with zero attached hydrogens (tertiary/aromatic N) is 2. The van der Waals surface area contributed by atoms with Crippen LogP contribution in [0.1, 0.15) is 18.9 Å². The Kier molecular flexibility index (Phi) is 10.3. The number of aliphatic hydroxyl groups excluding tert-OH is 1. The molecule has 1 heterocycles. The molecule has 122 valence electrons. The second-order valence-electron chi connectivity index (χ2n) is 5.05. The van der Waals surface area contributed by atoms with Gasteiger partial charge in [0.1, 0.15) is 0 Å². The molecule has 1 atom stereocenters. The molecular formula is C15H25AlN5O2+3. The Labute approximate surface area is 148 Å². The zero-order valence-corrected chi connectivity index (χ0v) is 14.9. The van der Waals surface area contributed by atoms with E-state index in [0.29, 0.717) is 6.61 Å². The number of benzene rings is 1. The zero-order chi connectivity index (χ0) is 16.5. The number of nitrogens with one attached hydrogen (secondary N) is 1. The van der Waals surface area contributed by atoms with Crippen molar-refractivity contribution in [1.29, 1.82) is 5.41 Å². The van der Waals surface area contributed by atoms with Gasteiger partial charge < -0.3 is 26.2 Å². The van der Waals surface area contributed by atoms with Gasteiger partial charge in [0.25, 0.3) is 0 Å². The average Bonchev–Trinajstić information content (AvgIpc) is 2.46. The maximum atomic E-state index is 8.43. The molecule has 0 aliphatic carbocycles. The van der Waals surface area contributed by atoms with Crippen LogP contribution in [0.5, 0.6) is 0 Å². The minimum atomic E-state index is -0.324. The summed E-state index contributed by atoms with van der Waals surface area (Å²) < 4.78 is 4.55. The van der Waals surface area contributed by atoms with Crippen molar-refractivity contribution in [3.63, 3.8) is 0 Å². The van der Waals surface area contributed by atoms with E-state index in [-0.39, 0.29) is 35.4 Å². The molecule has 1 aliphatic rings. The van der Waals surface area contributed by atoms with Gasteiger partial charge in [0.2, 0.25) is 5.96 Å². The Hall–Kier alpha value is -1.59. The second kappa shape index (κ2) is 11.0. The van der Waals surface area contributed by atoms with Gasteiger partial charge in [-0.1, -0.05) is 18.2 Å². The Bertz CT molecular complexity index is 518. The molecule has 0 bridgehead atoms. The van der Waals surface area contributed by atoms with E-state index in [1.165, 1.54) is 5.56 Å². The topological polar surface area (TPSA) is 121 Å². The number of hydrogen-bond donors (Lipinski definition) is 4. The van der Waals surface area contributed by atoms with Crippen LogP contribution in [0, 0.1) is 5.41 Å². The summed E-state index contributed by atoms with van der Waals surface area (Å²) in [6.07, 6.45) is 1.73. The van der Waals surface area contributed by atoms with Crippen molar-refractivity contribution >= 4 is 35.0 Å². The van der Waals surface area contributed by atoms with Gasteiger partial charge in [-0.25, -0.2) is 0 Å². The minimum absolute atomic E-state index is 0. The van der Waals surface area contributed by atoms with Crippen LogP contribution < -0.4 is 16.4 Å². The van der Waals surface area contributed by atoms with Crippen molar-refractivity contribution in [2.45, 2.75) is 25.9 Å². The molecular weight excluding hydrogens is 309 g/mol. The SMILES string of the molecule is COCC(C)O.N=C(N=C(N)N)N1CCCc2ccccc21.[Al+3]. The van der Waals surface area contributed by atoms with Gasteiger partial charge in [-0.2, -0.15) is 4.99 Å². The van der Waals surface area contributed by atoms with Gasteiger partial charge in [0.15, 0.2) is 5.96 Å². The zero-order valence-electron chi connectivity index (χ0n) is 13.7. The van der Waals surface area contributed by atoms with Crippen molar-refractivity contribution in [1.82, 2.24) is 0 Å². The number of para-hydroxylation sites is 1. The number of rotatable bonds is 2. The number of nitrogens with two attached hydrogens (primary N) is 2. The maximum Gasteiger partial charge on any atom is 3.00 e. The molecule has 0 radical (unpaired) electrons. The van der Waals surface area contributed by atoms with Crippen LogP contribution in [0.15, 0.2) is 29.3 Å². The molecule has 0 fully saturated rings. The molecule has 0 saturated carbocycles. The number of methoxy groups -OCH3 is 1. The fourth-order valence-electron chi connectivity index (χ4n) is 2.18. The molecule has 0 aromatic heterocycles. The van der Waals surface area contributed by atoms with E-state index in [1.54, 1.807) is 14.0 Å². The molecule has 1 unspecified atom stereocenters. The first-order valence-corrected chi connectivity index (χ1v) is 7.16. The van der Waals surface area contributed by atoms with E-state index in [9.17, 15) is 0 Å². The predicted octanol–water partition coefficient (Wildman–Crippen LogP) is 0.280. The standard InChI is InChI=1S/C11H15N5.C4H10O2.Al/c12-10(13)15-11(14)16-7-3-5-8-4-1-2-6-9(8)16;1-4(5)3-6-2;/h1-2,4,6H,3,5,7H2,(H5,12,13,14,15);4-5H,3H2,1-2H3;/q;;+3. The molecule has 2 rings (SSSR count). The summed E-state index contributed by atoms with van der Waals surface area (Å²) in [5.41, 5.74) is 12.8. The van der Waals surface area contributed by atoms with Crippen LogP contribution in [0.4, 0.5) is 5.69 Å². The van der Waals surface area contributed by atoms with Crippen LogP contribution in [-0.2, 0) is 11.2 Å². The van der Waals surface area contributed by atoms with E-state index in [2.05, 4.69) is 15.8 Å². The Morgan fingerprint density at radius 1 is 1.43 bits per heavy atom. The second-order valence-corrected chi connectivity index (χ2v) is 5.05. The number of aryl methyl sites for hydroxylation is 1. The number of hydrogen-bond acceptors (Lipinski definition) is 3. The van der Waals surface area contributed by atoms with Crippen molar-refractivity contribution in [2.75, 3.05) is 25.2 Å². The van der Waals surface area contributed by atoms with Crippen molar-refractivity contribution in [3.05, 3.63) is 29.8 Å². The normalized spacial score (nSPS) is 13.6. The summed E-state index contributed by atoms with van der Waals surface area (Å²) in [4.78, 5) is 5.61. The first-order chi connectivity index (χ1) is 10.5. The van der Waals surface area contributed by atoms with Gasteiger partial charge in [0, 0.05) is 19.3 Å². The number of aliphatic imine (C=N–C) groups is 1. The minimum Gasteiger partial charge on any atom is -0.391 e. The third-order valence-electron chi connectivity index (χ3n) is 3.01. The van der Waals surface area contributed by atoms with E-state index < -0.39 is 0 Å². The summed E-state index contributed by atoms with van der Waals surface area (Å²) in [6.45, 7) is 2.90. The van der Waals surface area contributed by atoms with Crippen LogP contribution in [0.2, 0.25) is 0 Å². The number of fused-ring (bicyclic) bond motifs is 1. The smallest absolute Gasteiger partial charge is 0.391 e. The van der Waals surface area contributed by atoms with Crippen LogP contribution in [0.25, 0.3) is 0 Å². The molecule has 1 aromatic rings. The summed E-state index contributed by atoms with van der Waals surface area (Å²) in [6, 6.07) is 8.03. The third-order valence-corrected chi connectivity index (χ3v) is 3.01. The first-order valence-electron chi connectivity index (χ1n) is 7.16. The van der Waals surface area contributed by atoms with E-state index in [0.717, 1.165) is 25.1 Å². The van der Waals surface area contributed by atoms with E-state index >= 15 is 0 Å². The predicted molar refractivity (Wildman–Crippen MR) is 95.0 cm³/mol. The maximum absolute atomic E-state index is 8.43. The Balaban J connectivity index is 0.000000599. The molecule has 23 heavy (non-hydrogen) atoms. The van der Waals surface area contributed by atoms with Crippen LogP contribution in [-0.4, -0.2) is 60.8 Å². The fraction of sp³-hybridized carbons (Fsp3) is 0.467. The summed E-state index contributed by atoms with van der Waals surface area (Å²) in [5, 5.41) is 16.3. The summed E-state index contributed by atoms with van der Waals surface area (Å²) in [5.74, 6) is 0.0280. The molecule has 0 spiro atoms. The fourth-order valence-corrected chi connectivity index (χ4v) is 2.18. The summed E-state index contributed by atoms with van der Waals surface area (Å²) in [7, 11) is 1.56. The van der Waals surface area contributed by atoms with Gasteiger partial charge in [-0.3, -0.25) is 5.41 Å². The first kappa shape index (κ1) is 21.4. The molecule has 1 aromatic carbocycles. The molecule has 1 aliphatic heterocycles. The van der Waals surface area contributed by atoms with Gasteiger partial charge in [-0.15, -0.1) is 0 Å². The quantitative estimate of drug-likeness (QED) is 0.352. The number of ether oxygens (including phenoxy) is 1. The molecule has 6 N–H and O–H groups in total. The molecule has 0 amide bonds. The van der Waals surface area contributed by atoms with Crippen LogP contribution >= 0.6 is 0 Å². The van der Waals surface area contributed by atoms with Gasteiger partial charge in [-0.05, 0) is 31.4 Å². The van der Waals surface area contributed by atoms with Crippen molar-refractivity contribution in [2.24, 2.45) is 16.5 Å².